The molecule has 0 fully saturated rings. The van der Waals surface area contributed by atoms with Crippen LogP contribution in [0.25, 0.3) is 0 Å². The highest BCUT2D eigenvalue weighted by atomic mass is 19.4. The Hall–Kier alpha value is -1.03. The van der Waals surface area contributed by atoms with Gasteiger partial charge in [-0.15, -0.1) is 0 Å². The zero-order valence-corrected chi connectivity index (χ0v) is 13.3. The highest BCUT2D eigenvalue weighted by molar-refractivity contribution is 5.34. The van der Waals surface area contributed by atoms with Crippen molar-refractivity contribution in [2.75, 3.05) is 6.54 Å². The molecule has 0 aromatic heterocycles. The smallest absolute Gasteiger partial charge is 0.310 e. The normalized spacial score (nSPS) is 15.0. The molecule has 1 nitrogen and oxygen atoms in total. The van der Waals surface area contributed by atoms with Gasteiger partial charge in [0.1, 0.15) is 0 Å². The predicted octanol–water partition coefficient (Wildman–Crippen LogP) is 5.49. The maximum Gasteiger partial charge on any atom is 0.416 e. The molecule has 1 N–H and O–H groups in total. The van der Waals surface area contributed by atoms with Crippen LogP contribution in [0.2, 0.25) is 0 Å². The number of nitrogens with one attached hydrogen (secondary N) is 1. The molecule has 0 bridgehead atoms. The van der Waals surface area contributed by atoms with Gasteiger partial charge in [0.05, 0.1) is 5.56 Å². The average molecular weight is 301 g/mol. The molecule has 0 amide bonds. The van der Waals surface area contributed by atoms with Crippen molar-refractivity contribution in [1.29, 1.82) is 0 Å². The summed E-state index contributed by atoms with van der Waals surface area (Å²) in [5.74, 6) is 0.543. The Morgan fingerprint density at radius 3 is 2.33 bits per heavy atom. The van der Waals surface area contributed by atoms with Crippen molar-refractivity contribution in [3.63, 3.8) is 0 Å². The minimum absolute atomic E-state index is 0.127. The van der Waals surface area contributed by atoms with Crippen LogP contribution in [0.1, 0.15) is 62.8 Å². The zero-order chi connectivity index (χ0) is 16.0. The van der Waals surface area contributed by atoms with E-state index < -0.39 is 11.7 Å². The number of aryl methyl sites for hydroxylation is 1. The van der Waals surface area contributed by atoms with Crippen molar-refractivity contribution in [1.82, 2.24) is 5.32 Å². The van der Waals surface area contributed by atoms with Crippen molar-refractivity contribution in [2.24, 2.45) is 5.92 Å². The molecule has 0 heterocycles. The lowest BCUT2D eigenvalue weighted by molar-refractivity contribution is -0.137. The third kappa shape index (κ3) is 5.34. The van der Waals surface area contributed by atoms with Crippen LogP contribution < -0.4 is 5.32 Å². The molecule has 1 rings (SSSR count). The lowest BCUT2D eigenvalue weighted by atomic mass is 9.91. The molecular formula is C17H26F3N. The van der Waals surface area contributed by atoms with Gasteiger partial charge in [-0.05, 0) is 55.5 Å². The van der Waals surface area contributed by atoms with E-state index in [9.17, 15) is 13.2 Å². The lowest BCUT2D eigenvalue weighted by Gasteiger charge is -2.24. The fourth-order valence-corrected chi connectivity index (χ4v) is 2.45. The molecule has 0 aliphatic rings. The molecular weight excluding hydrogens is 275 g/mol. The lowest BCUT2D eigenvalue weighted by Crippen LogP contribution is -2.25. The molecule has 0 radical (unpaired) electrons. The molecule has 2 atom stereocenters. The van der Waals surface area contributed by atoms with E-state index in [0.29, 0.717) is 11.5 Å². The molecule has 0 spiro atoms. The van der Waals surface area contributed by atoms with E-state index in [1.165, 1.54) is 12.1 Å². The van der Waals surface area contributed by atoms with Crippen LogP contribution in [-0.2, 0) is 6.18 Å². The fourth-order valence-electron chi connectivity index (χ4n) is 2.45. The average Bonchev–Trinajstić information content (AvgIpc) is 2.42. The van der Waals surface area contributed by atoms with Crippen molar-refractivity contribution in [3.8, 4) is 0 Å². The Labute approximate surface area is 125 Å². The van der Waals surface area contributed by atoms with Crippen LogP contribution in [0, 0.1) is 12.8 Å². The van der Waals surface area contributed by atoms with Crippen LogP contribution >= 0.6 is 0 Å². The van der Waals surface area contributed by atoms with Crippen LogP contribution in [0.3, 0.4) is 0 Å². The molecule has 1 aromatic rings. The van der Waals surface area contributed by atoms with E-state index in [4.69, 9.17) is 0 Å². The SMILES string of the molecule is CCCNC(CC(C)CC)c1ccc(C(F)(F)F)cc1C. The summed E-state index contributed by atoms with van der Waals surface area (Å²) in [6, 6.07) is 4.21. The third-order valence-electron chi connectivity index (χ3n) is 3.95. The van der Waals surface area contributed by atoms with Gasteiger partial charge in [-0.3, -0.25) is 0 Å². The van der Waals surface area contributed by atoms with Gasteiger partial charge >= 0.3 is 6.18 Å². The van der Waals surface area contributed by atoms with E-state index in [2.05, 4.69) is 26.1 Å². The minimum Gasteiger partial charge on any atom is -0.310 e. The van der Waals surface area contributed by atoms with Gasteiger partial charge in [-0.1, -0.05) is 33.3 Å². The summed E-state index contributed by atoms with van der Waals surface area (Å²) in [6.45, 7) is 9.05. The number of benzene rings is 1. The maximum absolute atomic E-state index is 12.8. The summed E-state index contributed by atoms with van der Waals surface area (Å²) < 4.78 is 38.3. The summed E-state index contributed by atoms with van der Waals surface area (Å²) >= 11 is 0. The highest BCUT2D eigenvalue weighted by Gasteiger charge is 2.31. The Morgan fingerprint density at radius 2 is 1.86 bits per heavy atom. The monoisotopic (exact) mass is 301 g/mol. The van der Waals surface area contributed by atoms with E-state index in [1.807, 2.05) is 0 Å². The van der Waals surface area contributed by atoms with Gasteiger partial charge in [0.2, 0.25) is 0 Å². The number of rotatable bonds is 7. The minimum atomic E-state index is -4.27. The van der Waals surface area contributed by atoms with E-state index in [1.54, 1.807) is 13.0 Å². The van der Waals surface area contributed by atoms with Crippen molar-refractivity contribution < 1.29 is 13.2 Å². The summed E-state index contributed by atoms with van der Waals surface area (Å²) in [7, 11) is 0. The van der Waals surface area contributed by atoms with Gasteiger partial charge in [0.15, 0.2) is 0 Å². The second-order valence-corrected chi connectivity index (χ2v) is 5.82. The first-order valence-electron chi connectivity index (χ1n) is 7.70. The Kier molecular flexibility index (Phi) is 6.72. The van der Waals surface area contributed by atoms with Crippen molar-refractivity contribution in [3.05, 3.63) is 34.9 Å². The molecule has 120 valence electrons. The third-order valence-corrected chi connectivity index (χ3v) is 3.95. The number of alkyl halides is 3. The first-order chi connectivity index (χ1) is 9.79. The zero-order valence-electron chi connectivity index (χ0n) is 13.3. The Balaban J connectivity index is 3.01. The quantitative estimate of drug-likeness (QED) is 0.702. The topological polar surface area (TPSA) is 12.0 Å². The van der Waals surface area contributed by atoms with Gasteiger partial charge in [-0.2, -0.15) is 13.2 Å². The first kappa shape index (κ1) is 18.0. The Morgan fingerprint density at radius 1 is 1.19 bits per heavy atom. The number of hydrogen-bond acceptors (Lipinski definition) is 1. The molecule has 0 saturated carbocycles. The van der Waals surface area contributed by atoms with Crippen molar-refractivity contribution in [2.45, 2.75) is 59.2 Å². The molecule has 0 saturated heterocycles. The summed E-state index contributed by atoms with van der Waals surface area (Å²) in [5.41, 5.74) is 1.13. The van der Waals surface area contributed by atoms with Gasteiger partial charge in [-0.25, -0.2) is 0 Å². The molecule has 0 aliphatic carbocycles. The Bertz CT molecular complexity index is 440. The summed E-state index contributed by atoms with van der Waals surface area (Å²) in [5, 5.41) is 3.47. The molecule has 1 aromatic carbocycles. The molecule has 4 heteroatoms. The van der Waals surface area contributed by atoms with E-state index >= 15 is 0 Å². The van der Waals surface area contributed by atoms with Crippen LogP contribution in [0.4, 0.5) is 13.2 Å². The van der Waals surface area contributed by atoms with Crippen molar-refractivity contribution >= 4 is 0 Å². The van der Waals surface area contributed by atoms with Gasteiger partial charge < -0.3 is 5.32 Å². The van der Waals surface area contributed by atoms with Gasteiger partial charge in [0, 0.05) is 6.04 Å². The fraction of sp³-hybridized carbons (Fsp3) is 0.647. The van der Waals surface area contributed by atoms with Crippen LogP contribution in [-0.4, -0.2) is 6.54 Å². The van der Waals surface area contributed by atoms with E-state index in [0.717, 1.165) is 31.4 Å². The second-order valence-electron chi connectivity index (χ2n) is 5.82. The standard InChI is InChI=1S/C17H26F3N/c1-5-9-21-16(10-12(3)6-2)15-8-7-14(11-13(15)4)17(18,19)20/h7-8,11-12,16,21H,5-6,9-10H2,1-4H3. The number of halogens is 3. The molecule has 0 aliphatic heterocycles. The highest BCUT2D eigenvalue weighted by Crippen LogP contribution is 2.33. The summed E-state index contributed by atoms with van der Waals surface area (Å²) in [6.07, 6.45) is -1.24. The number of hydrogen-bond donors (Lipinski definition) is 1. The van der Waals surface area contributed by atoms with E-state index in [-0.39, 0.29) is 6.04 Å². The van der Waals surface area contributed by atoms with Gasteiger partial charge in [0.25, 0.3) is 0 Å². The van der Waals surface area contributed by atoms with Crippen LogP contribution in [0.15, 0.2) is 18.2 Å². The largest absolute Gasteiger partial charge is 0.416 e. The predicted molar refractivity (Wildman–Crippen MR) is 81.3 cm³/mol. The molecule has 2 unspecified atom stereocenters. The maximum atomic E-state index is 12.8. The first-order valence-corrected chi connectivity index (χ1v) is 7.70. The molecule has 21 heavy (non-hydrogen) atoms. The van der Waals surface area contributed by atoms with Crippen LogP contribution in [0.5, 0.6) is 0 Å². The summed E-state index contributed by atoms with van der Waals surface area (Å²) in [4.78, 5) is 0. The second kappa shape index (κ2) is 7.83.